The second-order valence-corrected chi connectivity index (χ2v) is 6.99. The highest BCUT2D eigenvalue weighted by atomic mass is 19.1. The highest BCUT2D eigenvalue weighted by Gasteiger charge is 2.34. The minimum absolute atomic E-state index is 0.113. The van der Waals surface area contributed by atoms with Crippen LogP contribution in [-0.4, -0.2) is 35.3 Å². The molecule has 2 atom stereocenters. The molecule has 1 aliphatic rings. The van der Waals surface area contributed by atoms with Crippen LogP contribution in [0.15, 0.2) is 24.3 Å². The molecule has 1 aromatic carbocycles. The van der Waals surface area contributed by atoms with Crippen LogP contribution in [0.4, 0.5) is 9.18 Å². The highest BCUT2D eigenvalue weighted by molar-refractivity contribution is 5.68. The Morgan fingerprint density at radius 1 is 1.30 bits per heavy atom. The summed E-state index contributed by atoms with van der Waals surface area (Å²) in [6, 6.07) is 6.22. The van der Waals surface area contributed by atoms with Crippen LogP contribution in [0.25, 0.3) is 0 Å². The Morgan fingerprint density at radius 3 is 2.65 bits per heavy atom. The van der Waals surface area contributed by atoms with Crippen LogP contribution in [0.2, 0.25) is 0 Å². The second-order valence-electron chi connectivity index (χ2n) is 6.99. The summed E-state index contributed by atoms with van der Waals surface area (Å²) in [5, 5.41) is 0. The third kappa shape index (κ3) is 4.85. The van der Waals surface area contributed by atoms with Gasteiger partial charge in [-0.2, -0.15) is 0 Å². The standard InChI is InChI=1S/C18H26FNO3/c1-13(22-16-11-6-5-9-14(16)19)15-10-7-8-12-20(15)17(21)23-18(2,3)4/h5-6,9,11,13,15H,7-8,10,12H2,1-4H3. The van der Waals surface area contributed by atoms with Gasteiger partial charge in [-0.05, 0) is 59.1 Å². The van der Waals surface area contributed by atoms with Gasteiger partial charge in [0.15, 0.2) is 11.6 Å². The topological polar surface area (TPSA) is 38.8 Å². The summed E-state index contributed by atoms with van der Waals surface area (Å²) >= 11 is 0. The van der Waals surface area contributed by atoms with Gasteiger partial charge in [0.2, 0.25) is 0 Å². The number of carbonyl (C=O) groups is 1. The van der Waals surface area contributed by atoms with E-state index in [4.69, 9.17) is 9.47 Å². The summed E-state index contributed by atoms with van der Waals surface area (Å²) in [6.45, 7) is 8.07. The zero-order valence-corrected chi connectivity index (χ0v) is 14.3. The second kappa shape index (κ2) is 7.20. The van der Waals surface area contributed by atoms with Gasteiger partial charge in [-0.15, -0.1) is 0 Å². The van der Waals surface area contributed by atoms with Crippen LogP contribution in [-0.2, 0) is 4.74 Å². The number of halogens is 1. The molecule has 4 nitrogen and oxygen atoms in total. The molecule has 2 unspecified atom stereocenters. The van der Waals surface area contributed by atoms with E-state index in [9.17, 15) is 9.18 Å². The number of hydrogen-bond donors (Lipinski definition) is 0. The largest absolute Gasteiger partial charge is 0.485 e. The Bertz CT molecular complexity index is 541. The maximum Gasteiger partial charge on any atom is 0.410 e. The Hall–Kier alpha value is -1.78. The van der Waals surface area contributed by atoms with Gasteiger partial charge in [-0.3, -0.25) is 0 Å². The number of amides is 1. The summed E-state index contributed by atoms with van der Waals surface area (Å²) in [7, 11) is 0. The summed E-state index contributed by atoms with van der Waals surface area (Å²) in [4.78, 5) is 14.1. The van der Waals surface area contributed by atoms with Gasteiger partial charge in [-0.25, -0.2) is 9.18 Å². The summed E-state index contributed by atoms with van der Waals surface area (Å²) in [6.07, 6.45) is 2.16. The average Bonchev–Trinajstić information content (AvgIpc) is 2.48. The van der Waals surface area contributed by atoms with Crippen molar-refractivity contribution < 1.29 is 18.7 Å². The molecule has 1 amide bonds. The Morgan fingerprint density at radius 2 is 2.00 bits per heavy atom. The number of ether oxygens (including phenoxy) is 2. The first-order chi connectivity index (χ1) is 10.8. The van der Waals surface area contributed by atoms with Gasteiger partial charge in [0, 0.05) is 6.54 Å². The average molecular weight is 323 g/mol. The monoisotopic (exact) mass is 323 g/mol. The van der Waals surface area contributed by atoms with E-state index in [1.54, 1.807) is 23.1 Å². The summed E-state index contributed by atoms with van der Waals surface area (Å²) in [5.41, 5.74) is -0.533. The van der Waals surface area contributed by atoms with Crippen LogP contribution in [0.1, 0.15) is 47.0 Å². The molecule has 0 bridgehead atoms. The highest BCUT2D eigenvalue weighted by Crippen LogP contribution is 2.26. The molecule has 0 N–H and O–H groups in total. The maximum absolute atomic E-state index is 13.8. The van der Waals surface area contributed by atoms with Crippen molar-refractivity contribution in [1.82, 2.24) is 4.90 Å². The lowest BCUT2D eigenvalue weighted by Crippen LogP contribution is -2.52. The zero-order chi connectivity index (χ0) is 17.0. The van der Waals surface area contributed by atoms with Crippen molar-refractivity contribution in [3.8, 4) is 5.75 Å². The first-order valence-corrected chi connectivity index (χ1v) is 8.19. The molecule has 23 heavy (non-hydrogen) atoms. The summed E-state index contributed by atoms with van der Waals surface area (Å²) in [5.74, 6) is -0.173. The molecular formula is C18H26FNO3. The molecule has 1 fully saturated rings. The van der Waals surface area contributed by atoms with Crippen LogP contribution < -0.4 is 4.74 Å². The molecule has 1 heterocycles. The van der Waals surface area contributed by atoms with Crippen LogP contribution >= 0.6 is 0 Å². The Kier molecular flexibility index (Phi) is 5.50. The molecule has 1 aliphatic heterocycles. The number of carbonyl (C=O) groups excluding carboxylic acids is 1. The molecule has 5 heteroatoms. The lowest BCUT2D eigenvalue weighted by atomic mass is 9.98. The van der Waals surface area contributed by atoms with Crippen molar-refractivity contribution in [1.29, 1.82) is 0 Å². The van der Waals surface area contributed by atoms with E-state index in [0.29, 0.717) is 6.54 Å². The third-order valence-electron chi connectivity index (χ3n) is 3.87. The van der Waals surface area contributed by atoms with E-state index in [0.717, 1.165) is 19.3 Å². The smallest absolute Gasteiger partial charge is 0.410 e. The van der Waals surface area contributed by atoms with Crippen molar-refractivity contribution in [2.75, 3.05) is 6.54 Å². The van der Waals surface area contributed by atoms with E-state index in [2.05, 4.69) is 0 Å². The molecule has 0 saturated carbocycles. The number of piperidine rings is 1. The number of nitrogens with zero attached hydrogens (tertiary/aromatic N) is 1. The predicted molar refractivity (Wildman–Crippen MR) is 87.1 cm³/mol. The molecule has 0 aliphatic carbocycles. The molecule has 128 valence electrons. The summed E-state index contributed by atoms with van der Waals surface area (Å²) < 4.78 is 25.0. The lowest BCUT2D eigenvalue weighted by Gasteiger charge is -2.39. The predicted octanol–water partition coefficient (Wildman–Crippen LogP) is 4.38. The number of para-hydroxylation sites is 1. The fourth-order valence-corrected chi connectivity index (χ4v) is 2.81. The van der Waals surface area contributed by atoms with Gasteiger partial charge < -0.3 is 14.4 Å². The molecule has 0 spiro atoms. The Labute approximate surface area is 137 Å². The fraction of sp³-hybridized carbons (Fsp3) is 0.611. The van der Waals surface area contributed by atoms with E-state index < -0.39 is 5.60 Å². The maximum atomic E-state index is 13.8. The van der Waals surface area contributed by atoms with Crippen molar-refractivity contribution in [2.45, 2.75) is 64.7 Å². The molecule has 0 aromatic heterocycles. The van der Waals surface area contributed by atoms with Gasteiger partial charge in [0.25, 0.3) is 0 Å². The number of rotatable bonds is 3. The molecule has 1 aromatic rings. The van der Waals surface area contributed by atoms with E-state index in [1.807, 2.05) is 27.7 Å². The number of likely N-dealkylation sites (tertiary alicyclic amines) is 1. The minimum atomic E-state index is -0.533. The molecule has 2 rings (SSSR count). The van der Waals surface area contributed by atoms with E-state index in [-0.39, 0.29) is 29.8 Å². The van der Waals surface area contributed by atoms with Crippen LogP contribution in [0, 0.1) is 5.82 Å². The normalized spacial score (nSPS) is 20.0. The van der Waals surface area contributed by atoms with E-state index >= 15 is 0 Å². The van der Waals surface area contributed by atoms with Crippen LogP contribution in [0.5, 0.6) is 5.75 Å². The van der Waals surface area contributed by atoms with Gasteiger partial charge in [0.05, 0.1) is 6.04 Å². The SMILES string of the molecule is CC(Oc1ccccc1F)C1CCCCN1C(=O)OC(C)(C)C. The number of benzene rings is 1. The fourth-order valence-electron chi connectivity index (χ4n) is 2.81. The molecular weight excluding hydrogens is 297 g/mol. The Balaban J connectivity index is 2.08. The van der Waals surface area contributed by atoms with Gasteiger partial charge in [-0.1, -0.05) is 12.1 Å². The third-order valence-corrected chi connectivity index (χ3v) is 3.87. The lowest BCUT2D eigenvalue weighted by molar-refractivity contribution is -0.00850. The van der Waals surface area contributed by atoms with Crippen molar-refractivity contribution >= 4 is 6.09 Å². The molecule has 0 radical (unpaired) electrons. The van der Waals surface area contributed by atoms with Crippen LogP contribution in [0.3, 0.4) is 0 Å². The van der Waals surface area contributed by atoms with Gasteiger partial charge in [0.1, 0.15) is 11.7 Å². The first-order valence-electron chi connectivity index (χ1n) is 8.19. The molecule has 1 saturated heterocycles. The number of hydrogen-bond acceptors (Lipinski definition) is 3. The minimum Gasteiger partial charge on any atom is -0.485 e. The van der Waals surface area contributed by atoms with Crippen molar-refractivity contribution in [3.05, 3.63) is 30.1 Å². The van der Waals surface area contributed by atoms with Gasteiger partial charge >= 0.3 is 6.09 Å². The first kappa shape index (κ1) is 17.6. The van der Waals surface area contributed by atoms with Crippen molar-refractivity contribution in [3.63, 3.8) is 0 Å². The zero-order valence-electron chi connectivity index (χ0n) is 14.3. The van der Waals surface area contributed by atoms with Crippen molar-refractivity contribution in [2.24, 2.45) is 0 Å². The van der Waals surface area contributed by atoms with E-state index in [1.165, 1.54) is 6.07 Å². The quantitative estimate of drug-likeness (QED) is 0.828.